The summed E-state index contributed by atoms with van der Waals surface area (Å²) in [4.78, 5) is 13.9. The SMILES string of the molecule is Cc1csc(C2=NNC(C=O)N2CC(C)C)c1Cl. The fourth-order valence-corrected chi connectivity index (χ4v) is 3.13. The molecular formula is C12H16ClN3OS. The highest BCUT2D eigenvalue weighted by atomic mass is 35.5. The van der Waals surface area contributed by atoms with E-state index in [2.05, 4.69) is 24.4 Å². The van der Waals surface area contributed by atoms with Gasteiger partial charge in [0.2, 0.25) is 0 Å². The molecule has 1 aromatic heterocycles. The predicted octanol–water partition coefficient (Wildman–Crippen LogP) is 2.46. The van der Waals surface area contributed by atoms with Crippen molar-refractivity contribution < 1.29 is 4.79 Å². The quantitative estimate of drug-likeness (QED) is 0.865. The van der Waals surface area contributed by atoms with Gasteiger partial charge in [-0.2, -0.15) is 5.10 Å². The van der Waals surface area contributed by atoms with Gasteiger partial charge in [0.15, 0.2) is 18.3 Å². The van der Waals surface area contributed by atoms with Gasteiger partial charge in [0.05, 0.1) is 9.90 Å². The molecule has 0 saturated carbocycles. The van der Waals surface area contributed by atoms with E-state index in [1.165, 1.54) is 0 Å². The van der Waals surface area contributed by atoms with Crippen molar-refractivity contribution in [3.63, 3.8) is 0 Å². The first kappa shape index (κ1) is 13.4. The molecule has 1 aliphatic rings. The highest BCUT2D eigenvalue weighted by molar-refractivity contribution is 7.13. The van der Waals surface area contributed by atoms with Crippen LogP contribution < -0.4 is 5.43 Å². The Bertz CT molecular complexity index is 484. The van der Waals surface area contributed by atoms with Crippen LogP contribution in [0.2, 0.25) is 5.02 Å². The van der Waals surface area contributed by atoms with E-state index in [0.717, 1.165) is 34.1 Å². The minimum Gasteiger partial charge on any atom is -0.326 e. The van der Waals surface area contributed by atoms with Gasteiger partial charge in [0.25, 0.3) is 0 Å². The standard InChI is InChI=1S/C12H16ClN3OS/c1-7(2)4-16-9(5-17)14-15-12(16)11-10(13)8(3)6-18-11/h5-7,9,14H,4H2,1-3H3. The molecule has 0 amide bonds. The number of thiophene rings is 1. The van der Waals surface area contributed by atoms with Crippen molar-refractivity contribution in [3.05, 3.63) is 20.8 Å². The molecule has 6 heteroatoms. The molecule has 0 spiro atoms. The average Bonchev–Trinajstić information content (AvgIpc) is 2.84. The molecule has 98 valence electrons. The van der Waals surface area contributed by atoms with Gasteiger partial charge in [-0.3, -0.25) is 10.2 Å². The summed E-state index contributed by atoms with van der Waals surface area (Å²) in [7, 11) is 0. The van der Waals surface area contributed by atoms with Crippen molar-refractivity contribution in [1.29, 1.82) is 0 Å². The Morgan fingerprint density at radius 1 is 1.67 bits per heavy atom. The number of rotatable bonds is 4. The Kier molecular flexibility index (Phi) is 3.92. The van der Waals surface area contributed by atoms with Crippen LogP contribution in [0.5, 0.6) is 0 Å². The van der Waals surface area contributed by atoms with Gasteiger partial charge < -0.3 is 4.90 Å². The number of amidine groups is 1. The fraction of sp³-hybridized carbons (Fsp3) is 0.500. The Hall–Kier alpha value is -1.07. The number of hydrazone groups is 1. The number of carbonyl (C=O) groups is 1. The number of aryl methyl sites for hydroxylation is 1. The molecule has 0 fully saturated rings. The Balaban J connectivity index is 2.31. The summed E-state index contributed by atoms with van der Waals surface area (Å²) in [5.41, 5.74) is 3.88. The summed E-state index contributed by atoms with van der Waals surface area (Å²) in [5.74, 6) is 1.21. The fourth-order valence-electron chi connectivity index (χ4n) is 1.85. The molecule has 4 nitrogen and oxygen atoms in total. The van der Waals surface area contributed by atoms with Crippen LogP contribution in [0.3, 0.4) is 0 Å². The summed E-state index contributed by atoms with van der Waals surface area (Å²) >= 11 is 7.82. The zero-order valence-electron chi connectivity index (χ0n) is 10.6. The molecule has 1 unspecified atom stereocenters. The van der Waals surface area contributed by atoms with E-state index < -0.39 is 0 Å². The van der Waals surface area contributed by atoms with E-state index in [1.54, 1.807) is 11.3 Å². The Morgan fingerprint density at radius 2 is 2.39 bits per heavy atom. The second kappa shape index (κ2) is 5.28. The van der Waals surface area contributed by atoms with Crippen molar-refractivity contribution in [1.82, 2.24) is 10.3 Å². The number of hydrogen-bond acceptors (Lipinski definition) is 5. The summed E-state index contributed by atoms with van der Waals surface area (Å²) in [5, 5.41) is 6.98. The van der Waals surface area contributed by atoms with Crippen LogP contribution in [0.4, 0.5) is 0 Å². The lowest BCUT2D eigenvalue weighted by Crippen LogP contribution is -2.43. The largest absolute Gasteiger partial charge is 0.326 e. The lowest BCUT2D eigenvalue weighted by Gasteiger charge is -2.25. The first-order valence-corrected chi connectivity index (χ1v) is 7.09. The molecule has 0 aromatic carbocycles. The third-order valence-corrected chi connectivity index (χ3v) is 4.40. The lowest BCUT2D eigenvalue weighted by atomic mass is 10.2. The average molecular weight is 286 g/mol. The van der Waals surface area contributed by atoms with Gasteiger partial charge in [-0.25, -0.2) is 0 Å². The number of hydrogen-bond donors (Lipinski definition) is 1. The lowest BCUT2D eigenvalue weighted by molar-refractivity contribution is -0.111. The van der Waals surface area contributed by atoms with Crippen LogP contribution in [0.1, 0.15) is 24.3 Å². The van der Waals surface area contributed by atoms with E-state index in [9.17, 15) is 4.79 Å². The first-order valence-electron chi connectivity index (χ1n) is 5.83. The second-order valence-corrected chi connectivity index (χ2v) is 6.01. The van der Waals surface area contributed by atoms with Crippen molar-refractivity contribution in [2.75, 3.05) is 6.54 Å². The number of nitrogens with one attached hydrogen (secondary N) is 1. The molecule has 18 heavy (non-hydrogen) atoms. The van der Waals surface area contributed by atoms with E-state index in [4.69, 9.17) is 11.6 Å². The molecule has 0 saturated heterocycles. The van der Waals surface area contributed by atoms with Crippen LogP contribution in [0.15, 0.2) is 10.5 Å². The molecule has 1 aliphatic heterocycles. The van der Waals surface area contributed by atoms with E-state index in [-0.39, 0.29) is 6.17 Å². The van der Waals surface area contributed by atoms with Crippen LogP contribution in [-0.2, 0) is 4.79 Å². The molecular weight excluding hydrogens is 270 g/mol. The second-order valence-electron chi connectivity index (χ2n) is 4.75. The predicted molar refractivity (Wildman–Crippen MR) is 75.1 cm³/mol. The highest BCUT2D eigenvalue weighted by Gasteiger charge is 2.30. The van der Waals surface area contributed by atoms with Gasteiger partial charge in [-0.1, -0.05) is 25.4 Å². The van der Waals surface area contributed by atoms with Gasteiger partial charge in [-0.15, -0.1) is 11.3 Å². The van der Waals surface area contributed by atoms with Gasteiger partial charge in [0, 0.05) is 6.54 Å². The van der Waals surface area contributed by atoms with Crippen LogP contribution in [0, 0.1) is 12.8 Å². The summed E-state index contributed by atoms with van der Waals surface area (Å²) in [6, 6.07) is 0. The summed E-state index contributed by atoms with van der Waals surface area (Å²) < 4.78 is 0. The normalized spacial score (nSPS) is 19.1. The van der Waals surface area contributed by atoms with E-state index in [0.29, 0.717) is 5.92 Å². The summed E-state index contributed by atoms with van der Waals surface area (Å²) in [6.45, 7) is 6.95. The van der Waals surface area contributed by atoms with Crippen LogP contribution in [0.25, 0.3) is 0 Å². The smallest absolute Gasteiger partial charge is 0.173 e. The van der Waals surface area contributed by atoms with Crippen molar-refractivity contribution in [2.24, 2.45) is 11.0 Å². The zero-order chi connectivity index (χ0) is 13.3. The van der Waals surface area contributed by atoms with Gasteiger partial charge in [0.1, 0.15) is 0 Å². The van der Waals surface area contributed by atoms with E-state index >= 15 is 0 Å². The van der Waals surface area contributed by atoms with Crippen molar-refractivity contribution >= 4 is 35.1 Å². The molecule has 2 rings (SSSR count). The monoisotopic (exact) mass is 285 g/mol. The highest BCUT2D eigenvalue weighted by Crippen LogP contribution is 2.30. The molecule has 1 atom stereocenters. The number of halogens is 1. The maximum absolute atomic E-state index is 11.1. The molecule has 1 N–H and O–H groups in total. The van der Waals surface area contributed by atoms with Gasteiger partial charge >= 0.3 is 0 Å². The molecule has 0 radical (unpaired) electrons. The molecule has 2 heterocycles. The third-order valence-electron chi connectivity index (χ3n) is 2.70. The van der Waals surface area contributed by atoms with Crippen molar-refractivity contribution in [2.45, 2.75) is 26.9 Å². The van der Waals surface area contributed by atoms with Crippen LogP contribution in [-0.4, -0.2) is 29.7 Å². The molecule has 0 aliphatic carbocycles. The first-order chi connectivity index (χ1) is 8.54. The maximum Gasteiger partial charge on any atom is 0.173 e. The van der Waals surface area contributed by atoms with Gasteiger partial charge in [-0.05, 0) is 23.8 Å². The van der Waals surface area contributed by atoms with Crippen LogP contribution >= 0.6 is 22.9 Å². The third kappa shape index (κ3) is 2.37. The zero-order valence-corrected chi connectivity index (χ0v) is 12.2. The number of aldehydes is 1. The Labute approximate surface area is 116 Å². The number of nitrogens with zero attached hydrogens (tertiary/aromatic N) is 2. The Morgan fingerprint density at radius 3 is 2.89 bits per heavy atom. The minimum absolute atomic E-state index is 0.388. The number of carbonyl (C=O) groups excluding carboxylic acids is 1. The summed E-state index contributed by atoms with van der Waals surface area (Å²) in [6.07, 6.45) is 0.480. The van der Waals surface area contributed by atoms with Crippen molar-refractivity contribution in [3.8, 4) is 0 Å². The topological polar surface area (TPSA) is 44.7 Å². The van der Waals surface area contributed by atoms with E-state index in [1.807, 2.05) is 17.2 Å². The maximum atomic E-state index is 11.1. The molecule has 0 bridgehead atoms. The minimum atomic E-state index is -0.388. The molecule has 1 aromatic rings.